The van der Waals surface area contributed by atoms with Crippen LogP contribution in [0.25, 0.3) is 17.1 Å². The highest BCUT2D eigenvalue weighted by molar-refractivity contribution is 7.99. The van der Waals surface area contributed by atoms with Gasteiger partial charge in [-0.1, -0.05) is 42.1 Å². The maximum atomic E-state index is 12.4. The molecule has 0 fully saturated rings. The summed E-state index contributed by atoms with van der Waals surface area (Å²) in [5.74, 6) is 0.372. The lowest BCUT2D eigenvalue weighted by molar-refractivity contribution is -0.119. The molecule has 11 heteroatoms. The van der Waals surface area contributed by atoms with Crippen molar-refractivity contribution >= 4 is 23.6 Å². The first-order valence-corrected chi connectivity index (χ1v) is 11.7. The highest BCUT2D eigenvalue weighted by Gasteiger charge is 2.19. The van der Waals surface area contributed by atoms with Gasteiger partial charge < -0.3 is 14.6 Å². The zero-order valence-corrected chi connectivity index (χ0v) is 20.3. The Morgan fingerprint density at radius 2 is 1.64 bits per heavy atom. The van der Waals surface area contributed by atoms with Crippen LogP contribution in [0.3, 0.4) is 0 Å². The van der Waals surface area contributed by atoms with E-state index in [1.165, 1.54) is 12.1 Å². The van der Waals surface area contributed by atoms with Crippen molar-refractivity contribution in [2.75, 3.05) is 20.0 Å². The number of benzene rings is 3. The number of nitrogens with zero attached hydrogens (tertiary/aromatic N) is 3. The fourth-order valence-corrected chi connectivity index (χ4v) is 4.11. The second-order valence-electron chi connectivity index (χ2n) is 7.36. The molecule has 184 valence electrons. The molecule has 2 amide bonds. The molecule has 1 heterocycles. The van der Waals surface area contributed by atoms with Crippen LogP contribution in [0.1, 0.15) is 10.4 Å². The number of thioether (sulfide) groups is 1. The average Bonchev–Trinajstić information content (AvgIpc) is 3.34. The van der Waals surface area contributed by atoms with Crippen LogP contribution in [0.4, 0.5) is 0 Å². The summed E-state index contributed by atoms with van der Waals surface area (Å²) < 4.78 is 12.6. The van der Waals surface area contributed by atoms with E-state index in [2.05, 4.69) is 21.0 Å². The molecule has 0 aliphatic heterocycles. The summed E-state index contributed by atoms with van der Waals surface area (Å²) in [4.78, 5) is 24.6. The minimum absolute atomic E-state index is 0.0437. The van der Waals surface area contributed by atoms with Gasteiger partial charge in [0.15, 0.2) is 22.5 Å². The van der Waals surface area contributed by atoms with Crippen LogP contribution in [-0.4, -0.2) is 51.7 Å². The molecule has 4 aromatic rings. The van der Waals surface area contributed by atoms with Crippen LogP contribution in [-0.2, 0) is 4.79 Å². The lowest BCUT2D eigenvalue weighted by atomic mass is 10.2. The molecule has 0 aliphatic rings. The quantitative estimate of drug-likeness (QED) is 0.246. The Kier molecular flexibility index (Phi) is 7.71. The summed E-state index contributed by atoms with van der Waals surface area (Å²) in [5.41, 5.74) is 6.25. The molecule has 3 aromatic carbocycles. The van der Waals surface area contributed by atoms with Gasteiger partial charge in [-0.3, -0.25) is 25.0 Å². The number of hydrazine groups is 1. The lowest BCUT2D eigenvalue weighted by Crippen LogP contribution is -2.42. The minimum Gasteiger partial charge on any atom is -0.507 e. The number of phenolic OH excluding ortho intramolecular Hbond substituents is 1. The van der Waals surface area contributed by atoms with Gasteiger partial charge in [-0.15, -0.1) is 10.2 Å². The third-order valence-corrected chi connectivity index (χ3v) is 6.01. The Morgan fingerprint density at radius 3 is 2.36 bits per heavy atom. The van der Waals surface area contributed by atoms with Crippen LogP contribution in [0.5, 0.6) is 17.2 Å². The molecule has 10 nitrogen and oxygen atoms in total. The molecule has 0 atom stereocenters. The molecule has 3 N–H and O–H groups in total. The number of carbonyl (C=O) groups excluding carboxylic acids is 2. The summed E-state index contributed by atoms with van der Waals surface area (Å²) in [6.45, 7) is 0. The molecule has 4 rings (SSSR count). The molecule has 36 heavy (non-hydrogen) atoms. The number of rotatable bonds is 8. The highest BCUT2D eigenvalue weighted by Crippen LogP contribution is 2.34. The topological polar surface area (TPSA) is 128 Å². The van der Waals surface area contributed by atoms with Gasteiger partial charge >= 0.3 is 0 Å². The molecule has 0 saturated heterocycles. The van der Waals surface area contributed by atoms with Crippen LogP contribution >= 0.6 is 11.8 Å². The van der Waals surface area contributed by atoms with Gasteiger partial charge in [-0.25, -0.2) is 0 Å². The largest absolute Gasteiger partial charge is 0.507 e. The van der Waals surface area contributed by atoms with Crippen molar-refractivity contribution in [3.05, 3.63) is 78.4 Å². The zero-order chi connectivity index (χ0) is 25.5. The SMILES string of the molecule is COc1ccc(-c2nnc(SCC(=O)NNC(=O)c3ccccc3O)n2-c2ccccc2)cc1OC. The molecule has 0 spiro atoms. The molecule has 0 aliphatic carbocycles. The summed E-state index contributed by atoms with van der Waals surface area (Å²) in [7, 11) is 3.12. The Morgan fingerprint density at radius 1 is 0.917 bits per heavy atom. The summed E-state index contributed by atoms with van der Waals surface area (Å²) >= 11 is 1.15. The van der Waals surface area contributed by atoms with Gasteiger partial charge in [0.25, 0.3) is 5.91 Å². The normalized spacial score (nSPS) is 10.5. The van der Waals surface area contributed by atoms with E-state index in [-0.39, 0.29) is 17.1 Å². The molecule has 0 bridgehead atoms. The first-order valence-electron chi connectivity index (χ1n) is 10.7. The van der Waals surface area contributed by atoms with Crippen molar-refractivity contribution < 1.29 is 24.2 Å². The second-order valence-corrected chi connectivity index (χ2v) is 8.30. The first-order chi connectivity index (χ1) is 17.5. The van der Waals surface area contributed by atoms with Crippen molar-refractivity contribution in [1.82, 2.24) is 25.6 Å². The van der Waals surface area contributed by atoms with Crippen molar-refractivity contribution in [2.24, 2.45) is 0 Å². The Bertz CT molecular complexity index is 1380. The predicted molar refractivity (Wildman–Crippen MR) is 134 cm³/mol. The van der Waals surface area contributed by atoms with Gasteiger partial charge in [0.2, 0.25) is 5.91 Å². The molecular weight excluding hydrogens is 482 g/mol. The van der Waals surface area contributed by atoms with E-state index in [0.29, 0.717) is 22.5 Å². The van der Waals surface area contributed by atoms with E-state index in [1.54, 1.807) is 38.5 Å². The second kappa shape index (κ2) is 11.3. The van der Waals surface area contributed by atoms with Gasteiger partial charge in [0.1, 0.15) is 5.75 Å². The van der Waals surface area contributed by atoms with Crippen LogP contribution in [0.15, 0.2) is 78.0 Å². The first kappa shape index (κ1) is 24.6. The lowest BCUT2D eigenvalue weighted by Gasteiger charge is -2.12. The Labute approximate surface area is 211 Å². The van der Waals surface area contributed by atoms with Crippen LogP contribution < -0.4 is 20.3 Å². The van der Waals surface area contributed by atoms with Crippen molar-refractivity contribution in [2.45, 2.75) is 5.16 Å². The number of aromatic nitrogens is 3. The number of para-hydroxylation sites is 2. The number of hydrogen-bond donors (Lipinski definition) is 3. The fourth-order valence-electron chi connectivity index (χ4n) is 3.36. The van der Waals surface area contributed by atoms with E-state index in [9.17, 15) is 14.7 Å². The molecule has 0 unspecified atom stereocenters. The van der Waals surface area contributed by atoms with Gasteiger partial charge in [0, 0.05) is 11.3 Å². The average molecular weight is 506 g/mol. The maximum Gasteiger partial charge on any atom is 0.273 e. The number of hydrogen-bond acceptors (Lipinski definition) is 8. The van der Waals surface area contributed by atoms with E-state index >= 15 is 0 Å². The van der Waals surface area contributed by atoms with E-state index in [0.717, 1.165) is 23.0 Å². The monoisotopic (exact) mass is 505 g/mol. The smallest absolute Gasteiger partial charge is 0.273 e. The zero-order valence-electron chi connectivity index (χ0n) is 19.5. The molecule has 0 radical (unpaired) electrons. The number of phenols is 1. The Hall–Kier alpha value is -4.51. The minimum atomic E-state index is -0.630. The number of aromatic hydroxyl groups is 1. The summed E-state index contributed by atoms with van der Waals surface area (Å²) in [5, 5.41) is 18.9. The van der Waals surface area contributed by atoms with Gasteiger partial charge in [0.05, 0.1) is 25.5 Å². The molecular formula is C25H23N5O5S. The van der Waals surface area contributed by atoms with Crippen LogP contribution in [0, 0.1) is 0 Å². The maximum absolute atomic E-state index is 12.4. The molecule has 1 aromatic heterocycles. The summed E-state index contributed by atoms with van der Waals surface area (Å²) in [6, 6.07) is 21.0. The number of carbonyl (C=O) groups is 2. The van der Waals surface area contributed by atoms with E-state index in [4.69, 9.17) is 9.47 Å². The van der Waals surface area contributed by atoms with Crippen molar-refractivity contribution in [3.63, 3.8) is 0 Å². The van der Waals surface area contributed by atoms with Gasteiger partial charge in [-0.2, -0.15) is 0 Å². The molecule has 0 saturated carbocycles. The van der Waals surface area contributed by atoms with Crippen LogP contribution in [0.2, 0.25) is 0 Å². The number of ether oxygens (including phenoxy) is 2. The highest BCUT2D eigenvalue weighted by atomic mass is 32.2. The van der Waals surface area contributed by atoms with Crippen molar-refractivity contribution in [3.8, 4) is 34.3 Å². The van der Waals surface area contributed by atoms with E-state index < -0.39 is 11.8 Å². The summed E-state index contributed by atoms with van der Waals surface area (Å²) in [6.07, 6.45) is 0. The Balaban J connectivity index is 1.52. The number of methoxy groups -OCH3 is 2. The van der Waals surface area contributed by atoms with Crippen molar-refractivity contribution in [1.29, 1.82) is 0 Å². The standard InChI is InChI=1S/C25H23N5O5S/c1-34-20-13-12-16(14-21(20)35-2)23-27-29-25(30(23)17-8-4-3-5-9-17)36-15-22(32)26-28-24(33)18-10-6-7-11-19(18)31/h3-14,31H,15H2,1-2H3,(H,26,32)(H,28,33). The van der Waals surface area contributed by atoms with E-state index in [1.807, 2.05) is 41.0 Å². The number of amides is 2. The third kappa shape index (κ3) is 5.41. The van der Waals surface area contributed by atoms with Gasteiger partial charge in [-0.05, 0) is 42.5 Å². The number of nitrogens with one attached hydrogen (secondary N) is 2. The fraction of sp³-hybridized carbons (Fsp3) is 0.120. The third-order valence-electron chi connectivity index (χ3n) is 5.09. The predicted octanol–water partition coefficient (Wildman–Crippen LogP) is 3.21.